The minimum Gasteiger partial charge on any atom is -0.368 e. The molecule has 5 nitrogen and oxygen atoms in total. The summed E-state index contributed by atoms with van der Waals surface area (Å²) < 4.78 is 57.5. The summed E-state index contributed by atoms with van der Waals surface area (Å²) >= 11 is 0. The molecule has 0 aliphatic rings. The molecule has 0 aromatic heterocycles. The lowest BCUT2D eigenvalue weighted by molar-refractivity contribution is -0.119. The third-order valence-corrected chi connectivity index (χ3v) is 2.56. The first-order valence-electron chi connectivity index (χ1n) is 3.49. The van der Waals surface area contributed by atoms with Crippen molar-refractivity contribution in [2.75, 3.05) is 0 Å². The van der Waals surface area contributed by atoms with E-state index in [1.807, 2.05) is 0 Å². The van der Waals surface area contributed by atoms with Crippen LogP contribution in [-0.2, 0) is 14.8 Å². The lowest BCUT2D eigenvalue weighted by Gasteiger charge is -2.14. The van der Waals surface area contributed by atoms with Gasteiger partial charge in [-0.1, -0.05) is 6.92 Å². The van der Waals surface area contributed by atoms with Gasteiger partial charge in [0.15, 0.2) is 0 Å². The Morgan fingerprint density at radius 2 is 1.93 bits per heavy atom. The number of carbonyl (C=O) groups excluding carboxylic acids is 1. The van der Waals surface area contributed by atoms with Gasteiger partial charge < -0.3 is 5.73 Å². The lowest BCUT2D eigenvalue weighted by atomic mass is 10.2. The zero-order valence-electron chi connectivity index (χ0n) is 7.13. The number of carbonyl (C=O) groups is 1. The maximum atomic E-state index is 11.8. The molecule has 1 amide bonds. The highest BCUT2D eigenvalue weighted by molar-refractivity contribution is 7.90. The summed E-state index contributed by atoms with van der Waals surface area (Å²) in [5.41, 5.74) is -0.770. The van der Waals surface area contributed by atoms with Gasteiger partial charge in [0.05, 0.1) is 0 Å². The van der Waals surface area contributed by atoms with Crippen LogP contribution in [0.5, 0.6) is 0 Å². The molecule has 84 valence electrons. The second kappa shape index (κ2) is 4.13. The topological polar surface area (TPSA) is 89.3 Å². The third kappa shape index (κ3) is 3.14. The van der Waals surface area contributed by atoms with Crippen molar-refractivity contribution in [3.8, 4) is 0 Å². The van der Waals surface area contributed by atoms with Gasteiger partial charge in [0.25, 0.3) is 0 Å². The zero-order valence-corrected chi connectivity index (χ0v) is 7.95. The van der Waals surface area contributed by atoms with Crippen molar-refractivity contribution in [3.63, 3.8) is 0 Å². The quantitative estimate of drug-likeness (QED) is 0.699. The fourth-order valence-corrected chi connectivity index (χ4v) is 1.39. The average Bonchev–Trinajstić information content (AvgIpc) is 1.97. The Kier molecular flexibility index (Phi) is 3.89. The Morgan fingerprint density at radius 1 is 1.50 bits per heavy atom. The first-order valence-corrected chi connectivity index (χ1v) is 4.98. The van der Waals surface area contributed by atoms with E-state index in [9.17, 15) is 26.4 Å². The van der Waals surface area contributed by atoms with E-state index in [1.54, 1.807) is 0 Å². The molecule has 0 heterocycles. The normalized spacial score (nSPS) is 15.1. The summed E-state index contributed by atoms with van der Waals surface area (Å²) in [6.07, 6.45) is -0.148. The van der Waals surface area contributed by atoms with E-state index < -0.39 is 27.5 Å². The number of halogens is 3. The summed E-state index contributed by atoms with van der Waals surface area (Å²) in [4.78, 5) is 10.5. The number of alkyl halides is 3. The van der Waals surface area contributed by atoms with Crippen molar-refractivity contribution in [1.82, 2.24) is 4.72 Å². The summed E-state index contributed by atoms with van der Waals surface area (Å²) in [7, 11) is -5.50. The first-order chi connectivity index (χ1) is 6.12. The highest BCUT2D eigenvalue weighted by Crippen LogP contribution is 2.22. The summed E-state index contributed by atoms with van der Waals surface area (Å²) in [5.74, 6) is -1.15. The molecule has 0 rings (SSSR count). The molecule has 0 aromatic carbocycles. The minimum absolute atomic E-state index is 0.148. The molecule has 0 saturated heterocycles. The van der Waals surface area contributed by atoms with Gasteiger partial charge in [-0.25, -0.2) is 8.42 Å². The Hall–Kier alpha value is -0.830. The molecule has 1 atom stereocenters. The maximum Gasteiger partial charge on any atom is 0.511 e. The smallest absolute Gasteiger partial charge is 0.368 e. The fraction of sp³-hybridized carbons (Fsp3) is 0.800. The van der Waals surface area contributed by atoms with Crippen LogP contribution in [0.3, 0.4) is 0 Å². The molecule has 0 spiro atoms. The van der Waals surface area contributed by atoms with Gasteiger partial charge in [0.2, 0.25) is 5.91 Å². The van der Waals surface area contributed by atoms with Crippen molar-refractivity contribution in [2.24, 2.45) is 5.73 Å². The monoisotopic (exact) mass is 234 g/mol. The summed E-state index contributed by atoms with van der Waals surface area (Å²) in [6, 6.07) is -1.54. The molecule has 1 unspecified atom stereocenters. The highest BCUT2D eigenvalue weighted by Gasteiger charge is 2.47. The largest absolute Gasteiger partial charge is 0.511 e. The van der Waals surface area contributed by atoms with Crippen molar-refractivity contribution in [2.45, 2.75) is 24.9 Å². The molecule has 0 saturated carbocycles. The summed E-state index contributed by atoms with van der Waals surface area (Å²) in [6.45, 7) is 1.33. The van der Waals surface area contributed by atoms with E-state index in [0.717, 1.165) is 4.72 Å². The van der Waals surface area contributed by atoms with Crippen LogP contribution in [0.4, 0.5) is 13.2 Å². The van der Waals surface area contributed by atoms with Crippen LogP contribution in [0.1, 0.15) is 13.3 Å². The molecule has 9 heteroatoms. The molecule has 0 aromatic rings. The van der Waals surface area contributed by atoms with Gasteiger partial charge in [-0.05, 0) is 6.42 Å². The maximum absolute atomic E-state index is 11.8. The van der Waals surface area contributed by atoms with Gasteiger partial charge >= 0.3 is 15.5 Å². The zero-order chi connectivity index (χ0) is 11.6. The molecular weight excluding hydrogens is 225 g/mol. The molecule has 14 heavy (non-hydrogen) atoms. The molecule has 0 radical (unpaired) electrons. The predicted octanol–water partition coefficient (Wildman–Crippen LogP) is -0.310. The van der Waals surface area contributed by atoms with Crippen LogP contribution in [0, 0.1) is 0 Å². The molecular formula is C5H9F3N2O3S. The lowest BCUT2D eigenvalue weighted by Crippen LogP contribution is -2.48. The van der Waals surface area contributed by atoms with Gasteiger partial charge in [0, 0.05) is 0 Å². The van der Waals surface area contributed by atoms with Crippen LogP contribution in [0.25, 0.3) is 0 Å². The van der Waals surface area contributed by atoms with Crippen molar-refractivity contribution in [3.05, 3.63) is 0 Å². The number of sulfonamides is 1. The standard InChI is InChI=1S/C5H9F3N2O3S/c1-2-3(4(9)11)10-14(12,13)5(6,7)8/h3,10H,2H2,1H3,(H2,9,11). The number of primary amides is 1. The molecule has 0 aliphatic heterocycles. The SMILES string of the molecule is CCC(NS(=O)(=O)C(F)(F)F)C(N)=O. The number of rotatable bonds is 4. The van der Waals surface area contributed by atoms with Crippen LogP contribution in [-0.4, -0.2) is 25.9 Å². The van der Waals surface area contributed by atoms with Gasteiger partial charge in [-0.3, -0.25) is 4.79 Å². The fourth-order valence-electron chi connectivity index (χ4n) is 0.597. The Bertz CT molecular complexity index is 311. The first kappa shape index (κ1) is 13.2. The molecule has 0 aliphatic carbocycles. The number of nitrogens with one attached hydrogen (secondary N) is 1. The van der Waals surface area contributed by atoms with Crippen molar-refractivity contribution in [1.29, 1.82) is 0 Å². The van der Waals surface area contributed by atoms with Gasteiger partial charge in [-0.15, -0.1) is 0 Å². The van der Waals surface area contributed by atoms with Crippen LogP contribution in [0.15, 0.2) is 0 Å². The molecule has 3 N–H and O–H groups in total. The van der Waals surface area contributed by atoms with Crippen LogP contribution < -0.4 is 10.5 Å². The second-order valence-corrected chi connectivity index (χ2v) is 4.14. The molecule has 0 fully saturated rings. The Balaban J connectivity index is 4.75. The predicted molar refractivity (Wildman–Crippen MR) is 41.4 cm³/mol. The van der Waals surface area contributed by atoms with Crippen LogP contribution >= 0.6 is 0 Å². The van der Waals surface area contributed by atoms with Gasteiger partial charge in [0.1, 0.15) is 6.04 Å². The minimum atomic E-state index is -5.50. The number of hydrogen-bond acceptors (Lipinski definition) is 3. The molecule has 0 bridgehead atoms. The Labute approximate surface area is 78.5 Å². The van der Waals surface area contributed by atoms with Crippen molar-refractivity contribution < 1.29 is 26.4 Å². The third-order valence-electron chi connectivity index (χ3n) is 1.35. The average molecular weight is 234 g/mol. The second-order valence-electron chi connectivity index (χ2n) is 2.43. The van der Waals surface area contributed by atoms with E-state index in [0.29, 0.717) is 0 Å². The van der Waals surface area contributed by atoms with E-state index in [-0.39, 0.29) is 6.42 Å². The van der Waals surface area contributed by atoms with E-state index >= 15 is 0 Å². The summed E-state index contributed by atoms with van der Waals surface area (Å²) in [5, 5.41) is 0. The van der Waals surface area contributed by atoms with E-state index in [2.05, 4.69) is 5.73 Å². The van der Waals surface area contributed by atoms with E-state index in [4.69, 9.17) is 0 Å². The Morgan fingerprint density at radius 3 is 2.14 bits per heavy atom. The van der Waals surface area contributed by atoms with Crippen molar-refractivity contribution >= 4 is 15.9 Å². The number of nitrogens with two attached hydrogens (primary N) is 1. The number of amides is 1. The van der Waals surface area contributed by atoms with E-state index in [1.165, 1.54) is 6.92 Å². The van der Waals surface area contributed by atoms with Crippen LogP contribution in [0.2, 0.25) is 0 Å². The highest BCUT2D eigenvalue weighted by atomic mass is 32.2. The van der Waals surface area contributed by atoms with Gasteiger partial charge in [-0.2, -0.15) is 17.9 Å². The number of hydrogen-bond donors (Lipinski definition) is 2.